The third kappa shape index (κ3) is 3.14. The van der Waals surface area contributed by atoms with Crippen molar-refractivity contribution in [1.82, 2.24) is 19.5 Å². The molecule has 4 rings (SSSR count). The highest BCUT2D eigenvalue weighted by molar-refractivity contribution is 7.20. The first kappa shape index (κ1) is 15.9. The number of benzene rings is 1. The van der Waals surface area contributed by atoms with Crippen LogP contribution >= 0.6 is 22.9 Å². The Labute approximate surface area is 150 Å². The van der Waals surface area contributed by atoms with Gasteiger partial charge in [0.25, 0.3) is 0 Å². The molecule has 1 aromatic carbocycles. The normalized spacial score (nSPS) is 16.7. The molecule has 0 spiro atoms. The number of fused-ring (bicyclic) bond motifs is 1. The molecule has 0 amide bonds. The van der Waals surface area contributed by atoms with Crippen LogP contribution in [0.1, 0.15) is 13.3 Å². The standard InChI is InChI=1S/C17H20ClN5S/c1-2-21-8-3-9-22(11-10-21)17-20-23-12-15(19-16(23)24-17)13-4-6-14(18)7-5-13/h4-7,12H,2-3,8-11H2,1H3. The SMILES string of the molecule is CCN1CCCN(c2nn3cc(-c4ccc(Cl)cc4)nc3s2)CC1. The van der Waals surface area contributed by atoms with Crippen molar-refractivity contribution in [3.8, 4) is 11.3 Å². The molecule has 0 atom stereocenters. The highest BCUT2D eigenvalue weighted by Crippen LogP contribution is 2.27. The topological polar surface area (TPSA) is 36.7 Å². The first-order chi connectivity index (χ1) is 11.7. The van der Waals surface area contributed by atoms with Gasteiger partial charge < -0.3 is 9.80 Å². The van der Waals surface area contributed by atoms with Crippen LogP contribution in [0.25, 0.3) is 16.2 Å². The molecule has 0 unspecified atom stereocenters. The van der Waals surface area contributed by atoms with Gasteiger partial charge in [-0.25, -0.2) is 9.50 Å². The van der Waals surface area contributed by atoms with Crippen LogP contribution < -0.4 is 4.90 Å². The molecule has 1 fully saturated rings. The fraction of sp³-hybridized carbons (Fsp3) is 0.412. The number of rotatable bonds is 3. The Balaban J connectivity index is 1.56. The molecule has 2 aromatic heterocycles. The van der Waals surface area contributed by atoms with Crippen LogP contribution in [-0.2, 0) is 0 Å². The third-order valence-corrected chi connectivity index (χ3v) is 5.71. The van der Waals surface area contributed by atoms with Gasteiger partial charge in [0.2, 0.25) is 10.1 Å². The number of hydrogen-bond donors (Lipinski definition) is 0. The van der Waals surface area contributed by atoms with E-state index in [2.05, 4.69) is 16.7 Å². The van der Waals surface area contributed by atoms with E-state index in [0.29, 0.717) is 0 Å². The number of hydrogen-bond acceptors (Lipinski definition) is 5. The van der Waals surface area contributed by atoms with Crippen molar-refractivity contribution in [2.45, 2.75) is 13.3 Å². The molecule has 0 saturated carbocycles. The van der Waals surface area contributed by atoms with Crippen LogP contribution in [0.15, 0.2) is 30.5 Å². The van der Waals surface area contributed by atoms with Gasteiger partial charge in [0.05, 0.1) is 11.9 Å². The van der Waals surface area contributed by atoms with Gasteiger partial charge in [0.15, 0.2) is 0 Å². The number of imidazole rings is 1. The van der Waals surface area contributed by atoms with E-state index in [-0.39, 0.29) is 0 Å². The van der Waals surface area contributed by atoms with Gasteiger partial charge in [-0.3, -0.25) is 0 Å². The molecule has 7 heteroatoms. The quantitative estimate of drug-likeness (QED) is 0.713. The Morgan fingerprint density at radius 1 is 1.12 bits per heavy atom. The molecule has 5 nitrogen and oxygen atoms in total. The van der Waals surface area contributed by atoms with Crippen LogP contribution in [0.3, 0.4) is 0 Å². The van der Waals surface area contributed by atoms with E-state index in [1.807, 2.05) is 35.0 Å². The fourth-order valence-electron chi connectivity index (χ4n) is 3.06. The molecule has 3 aromatic rings. The Morgan fingerprint density at radius 2 is 1.96 bits per heavy atom. The number of anilines is 1. The van der Waals surface area contributed by atoms with E-state index in [1.165, 1.54) is 13.0 Å². The summed E-state index contributed by atoms with van der Waals surface area (Å²) in [6.45, 7) is 7.74. The second kappa shape index (κ2) is 6.70. The average molecular weight is 362 g/mol. The predicted molar refractivity (Wildman–Crippen MR) is 100 cm³/mol. The highest BCUT2D eigenvalue weighted by Gasteiger charge is 2.18. The van der Waals surface area contributed by atoms with Crippen LogP contribution in [0.5, 0.6) is 0 Å². The minimum atomic E-state index is 0.738. The summed E-state index contributed by atoms with van der Waals surface area (Å²) in [7, 11) is 0. The van der Waals surface area contributed by atoms with Crippen molar-refractivity contribution in [3.05, 3.63) is 35.5 Å². The first-order valence-electron chi connectivity index (χ1n) is 8.32. The van der Waals surface area contributed by atoms with Gasteiger partial charge in [-0.2, -0.15) is 0 Å². The van der Waals surface area contributed by atoms with Gasteiger partial charge in [0.1, 0.15) is 0 Å². The maximum absolute atomic E-state index is 5.95. The molecule has 0 radical (unpaired) electrons. The van der Waals surface area contributed by atoms with Crippen LogP contribution in [0.2, 0.25) is 5.02 Å². The fourth-order valence-corrected chi connectivity index (χ4v) is 4.12. The number of halogens is 1. The summed E-state index contributed by atoms with van der Waals surface area (Å²) >= 11 is 7.62. The Bertz CT molecular complexity index is 794. The molecule has 24 heavy (non-hydrogen) atoms. The molecule has 126 valence electrons. The Hall–Kier alpha value is -1.63. The van der Waals surface area contributed by atoms with Crippen molar-refractivity contribution in [2.75, 3.05) is 37.6 Å². The first-order valence-corrected chi connectivity index (χ1v) is 9.52. The summed E-state index contributed by atoms with van der Waals surface area (Å²) in [5.41, 5.74) is 2.00. The lowest BCUT2D eigenvalue weighted by atomic mass is 10.2. The van der Waals surface area contributed by atoms with Gasteiger partial charge in [-0.1, -0.05) is 42.0 Å². The lowest BCUT2D eigenvalue weighted by Gasteiger charge is -2.19. The smallest absolute Gasteiger partial charge is 0.214 e. The van der Waals surface area contributed by atoms with Gasteiger partial charge in [-0.15, -0.1) is 5.10 Å². The van der Waals surface area contributed by atoms with E-state index in [9.17, 15) is 0 Å². The largest absolute Gasteiger partial charge is 0.345 e. The van der Waals surface area contributed by atoms with E-state index in [0.717, 1.165) is 52.6 Å². The van der Waals surface area contributed by atoms with Gasteiger partial charge in [0, 0.05) is 30.2 Å². The molecule has 3 heterocycles. The summed E-state index contributed by atoms with van der Waals surface area (Å²) in [5, 5.41) is 6.55. The average Bonchev–Trinajstić information content (AvgIpc) is 3.06. The summed E-state index contributed by atoms with van der Waals surface area (Å²) in [6, 6.07) is 7.76. The minimum absolute atomic E-state index is 0.738. The second-order valence-corrected chi connectivity index (χ2v) is 7.39. The monoisotopic (exact) mass is 361 g/mol. The zero-order chi connectivity index (χ0) is 16.5. The van der Waals surface area contributed by atoms with Crippen LogP contribution in [0, 0.1) is 0 Å². The van der Waals surface area contributed by atoms with Crippen molar-refractivity contribution in [1.29, 1.82) is 0 Å². The van der Waals surface area contributed by atoms with E-state index >= 15 is 0 Å². The molecule has 1 saturated heterocycles. The third-order valence-electron chi connectivity index (χ3n) is 4.48. The van der Waals surface area contributed by atoms with Crippen LogP contribution in [0.4, 0.5) is 5.13 Å². The molecule has 0 aliphatic carbocycles. The van der Waals surface area contributed by atoms with Crippen molar-refractivity contribution in [3.63, 3.8) is 0 Å². The molecular formula is C17H20ClN5S. The van der Waals surface area contributed by atoms with Crippen molar-refractivity contribution >= 4 is 33.0 Å². The summed E-state index contributed by atoms with van der Waals surface area (Å²) in [4.78, 5) is 10.5. The maximum atomic E-state index is 5.95. The second-order valence-electron chi connectivity index (χ2n) is 6.02. The number of nitrogens with zero attached hydrogens (tertiary/aromatic N) is 5. The maximum Gasteiger partial charge on any atom is 0.214 e. The van der Waals surface area contributed by atoms with E-state index in [1.54, 1.807) is 11.3 Å². The zero-order valence-corrected chi connectivity index (χ0v) is 15.2. The van der Waals surface area contributed by atoms with Crippen molar-refractivity contribution in [2.24, 2.45) is 0 Å². The number of aromatic nitrogens is 3. The van der Waals surface area contributed by atoms with Crippen LogP contribution in [-0.4, -0.2) is 52.2 Å². The summed E-state index contributed by atoms with van der Waals surface area (Å²) in [5.74, 6) is 0. The molecule has 0 N–H and O–H groups in total. The minimum Gasteiger partial charge on any atom is -0.345 e. The molecule has 1 aliphatic heterocycles. The number of likely N-dealkylation sites (N-methyl/N-ethyl adjacent to an activating group) is 1. The molecule has 0 bridgehead atoms. The summed E-state index contributed by atoms with van der Waals surface area (Å²) in [6.07, 6.45) is 3.18. The summed E-state index contributed by atoms with van der Waals surface area (Å²) < 4.78 is 1.90. The lowest BCUT2D eigenvalue weighted by Crippen LogP contribution is -2.30. The van der Waals surface area contributed by atoms with E-state index in [4.69, 9.17) is 21.7 Å². The van der Waals surface area contributed by atoms with E-state index < -0.39 is 0 Å². The van der Waals surface area contributed by atoms with Crippen molar-refractivity contribution < 1.29 is 0 Å². The van der Waals surface area contributed by atoms with Gasteiger partial charge >= 0.3 is 0 Å². The molecule has 1 aliphatic rings. The lowest BCUT2D eigenvalue weighted by molar-refractivity contribution is 0.310. The zero-order valence-electron chi connectivity index (χ0n) is 13.7. The van der Waals surface area contributed by atoms with Gasteiger partial charge in [-0.05, 0) is 31.6 Å². The highest BCUT2D eigenvalue weighted by atomic mass is 35.5. The molecular weight excluding hydrogens is 342 g/mol. The Kier molecular flexibility index (Phi) is 4.43. The predicted octanol–water partition coefficient (Wildman–Crippen LogP) is 3.64. The Morgan fingerprint density at radius 3 is 2.71 bits per heavy atom.